The molecule has 0 aromatic rings. The van der Waals surface area contributed by atoms with E-state index in [1.807, 2.05) is 0 Å². The molecular formula is C6H9N3O3. The van der Waals surface area contributed by atoms with Gasteiger partial charge in [-0.3, -0.25) is 16.3 Å². The molecule has 0 spiro atoms. The molecule has 6 heteroatoms. The fourth-order valence-electron chi connectivity index (χ4n) is 0.468. The first-order valence-electron chi connectivity index (χ1n) is 3.18. The maximum Gasteiger partial charge on any atom is 0.433 e. The van der Waals surface area contributed by atoms with Gasteiger partial charge in [0, 0.05) is 12.8 Å². The lowest BCUT2D eigenvalue weighted by Gasteiger charge is -1.95. The Morgan fingerprint density at radius 2 is 2.00 bits per heavy atom. The molecule has 0 atom stereocenters. The van der Waals surface area contributed by atoms with Crippen LogP contribution in [0.5, 0.6) is 0 Å². The predicted octanol–water partition coefficient (Wildman–Crippen LogP) is -3.50. The van der Waals surface area contributed by atoms with Gasteiger partial charge in [-0.15, -0.1) is 0 Å². The van der Waals surface area contributed by atoms with Crippen molar-refractivity contribution in [3.63, 3.8) is 0 Å². The van der Waals surface area contributed by atoms with E-state index in [1.165, 1.54) is 6.21 Å². The van der Waals surface area contributed by atoms with Crippen LogP contribution in [0.25, 0.3) is 0 Å². The Labute approximate surface area is 68.6 Å². The van der Waals surface area contributed by atoms with E-state index < -0.39 is 11.8 Å². The van der Waals surface area contributed by atoms with Gasteiger partial charge in [0.05, 0.1) is 0 Å². The highest BCUT2D eigenvalue weighted by Gasteiger charge is 2.00. The van der Waals surface area contributed by atoms with Gasteiger partial charge >= 0.3 is 5.96 Å². The van der Waals surface area contributed by atoms with Crippen LogP contribution in [0.4, 0.5) is 0 Å². The minimum Gasteiger partial charge on any atom is -0.542 e. The number of guanidine groups is 1. The summed E-state index contributed by atoms with van der Waals surface area (Å²) in [6, 6.07) is 0. The molecule has 0 saturated carbocycles. The molecule has 66 valence electrons. The van der Waals surface area contributed by atoms with E-state index >= 15 is 0 Å². The monoisotopic (exact) mass is 171 g/mol. The number of hydrogen-bond acceptors (Lipinski definition) is 3. The SMILES string of the molecule is NC(N)=[N+]=CCCC(=O)C(=O)[O-]. The van der Waals surface area contributed by atoms with Crippen LogP contribution in [-0.2, 0) is 9.59 Å². The summed E-state index contributed by atoms with van der Waals surface area (Å²) in [5, 5.41) is 9.87. The summed E-state index contributed by atoms with van der Waals surface area (Å²) in [5.41, 5.74) is 9.90. The second kappa shape index (κ2) is 4.92. The van der Waals surface area contributed by atoms with Gasteiger partial charge in [0.2, 0.25) is 0 Å². The maximum absolute atomic E-state index is 10.4. The van der Waals surface area contributed by atoms with Crippen LogP contribution in [0, 0.1) is 0 Å². The van der Waals surface area contributed by atoms with Crippen molar-refractivity contribution in [3.8, 4) is 0 Å². The summed E-state index contributed by atoms with van der Waals surface area (Å²) in [6.45, 7) is 0. The molecule has 0 fully saturated rings. The lowest BCUT2D eigenvalue weighted by molar-refractivity contribution is -0.300. The average Bonchev–Trinajstić information content (AvgIpc) is 1.97. The van der Waals surface area contributed by atoms with Crippen LogP contribution in [-0.4, -0.2) is 23.9 Å². The first kappa shape index (κ1) is 10.2. The molecule has 0 heterocycles. The van der Waals surface area contributed by atoms with Gasteiger partial charge in [-0.2, -0.15) is 0 Å². The molecule has 0 radical (unpaired) electrons. The second-order valence-corrected chi connectivity index (χ2v) is 1.99. The molecule has 6 nitrogen and oxygen atoms in total. The Morgan fingerprint density at radius 1 is 1.42 bits per heavy atom. The molecule has 0 aliphatic rings. The van der Waals surface area contributed by atoms with Crippen LogP contribution in [0.2, 0.25) is 0 Å². The molecule has 0 unspecified atom stereocenters. The average molecular weight is 171 g/mol. The van der Waals surface area contributed by atoms with E-state index in [0.29, 0.717) is 0 Å². The molecule has 4 N–H and O–H groups in total. The number of nitrogens with zero attached hydrogens (tertiary/aromatic N) is 1. The number of carbonyl (C=O) groups excluding carboxylic acids is 2. The Balaban J connectivity index is 3.79. The quantitative estimate of drug-likeness (QED) is 0.196. The summed E-state index contributed by atoms with van der Waals surface area (Å²) < 4.78 is 3.44. The molecule has 0 aromatic carbocycles. The van der Waals surface area contributed by atoms with Crippen molar-refractivity contribution in [1.82, 2.24) is 4.67 Å². The third-order valence-electron chi connectivity index (χ3n) is 0.969. The predicted molar refractivity (Wildman–Crippen MR) is 40.8 cm³/mol. The number of Topliss-reactive ketones (excluding diaryl/α,β-unsaturated/α-hetero) is 1. The summed E-state index contributed by atoms with van der Waals surface area (Å²) in [5.74, 6) is -2.78. The van der Waals surface area contributed by atoms with Crippen molar-refractivity contribution < 1.29 is 14.7 Å². The largest absolute Gasteiger partial charge is 0.542 e. The molecule has 0 aromatic heterocycles. The lowest BCUT2D eigenvalue weighted by Crippen LogP contribution is -2.31. The minimum atomic E-state index is -1.69. The van der Waals surface area contributed by atoms with E-state index in [2.05, 4.69) is 4.67 Å². The van der Waals surface area contributed by atoms with Crippen molar-refractivity contribution in [2.75, 3.05) is 0 Å². The number of aliphatic carboxylic acids is 1. The highest BCUT2D eigenvalue weighted by Crippen LogP contribution is 1.84. The third-order valence-corrected chi connectivity index (χ3v) is 0.969. The van der Waals surface area contributed by atoms with Gasteiger partial charge in [-0.05, 0) is 0 Å². The summed E-state index contributed by atoms with van der Waals surface area (Å²) >= 11 is 0. The minimum absolute atomic E-state index is 0.129. The van der Waals surface area contributed by atoms with Gasteiger partial charge in [-0.25, -0.2) is 4.67 Å². The smallest absolute Gasteiger partial charge is 0.433 e. The highest BCUT2D eigenvalue weighted by atomic mass is 16.4. The lowest BCUT2D eigenvalue weighted by atomic mass is 10.2. The topological polar surface area (TPSA) is 123 Å². The zero-order valence-corrected chi connectivity index (χ0v) is 6.32. The van der Waals surface area contributed by atoms with Gasteiger partial charge in [0.15, 0.2) is 5.78 Å². The summed E-state index contributed by atoms with van der Waals surface area (Å²) in [6.07, 6.45) is 1.31. The second-order valence-electron chi connectivity index (χ2n) is 1.99. The molecule has 12 heavy (non-hydrogen) atoms. The summed E-state index contributed by atoms with van der Waals surface area (Å²) in [4.78, 5) is 20.3. The van der Waals surface area contributed by atoms with Gasteiger partial charge in [-0.1, -0.05) is 0 Å². The first-order valence-corrected chi connectivity index (χ1v) is 3.18. The van der Waals surface area contributed by atoms with Gasteiger partial charge in [0.1, 0.15) is 12.2 Å². The molecule has 0 rings (SSSR count). The Kier molecular flexibility index (Phi) is 4.18. The number of rotatable bonds is 4. The van der Waals surface area contributed by atoms with Crippen molar-refractivity contribution in [1.29, 1.82) is 0 Å². The van der Waals surface area contributed by atoms with E-state index in [9.17, 15) is 14.7 Å². The Bertz CT molecular complexity index is 249. The van der Waals surface area contributed by atoms with Crippen molar-refractivity contribution >= 4 is 23.9 Å². The molecule has 0 aliphatic heterocycles. The Morgan fingerprint density at radius 3 is 2.42 bits per heavy atom. The third kappa shape index (κ3) is 5.01. The van der Waals surface area contributed by atoms with Crippen LogP contribution < -0.4 is 21.2 Å². The number of hydrogen-bond donors (Lipinski definition) is 2. The fourth-order valence-corrected chi connectivity index (χ4v) is 0.468. The highest BCUT2D eigenvalue weighted by molar-refractivity contribution is 6.31. The molecule has 0 aliphatic carbocycles. The van der Waals surface area contributed by atoms with Crippen molar-refractivity contribution in [3.05, 3.63) is 0 Å². The number of carbonyl (C=O) groups is 2. The number of carboxylic acid groups (broad SMARTS) is 1. The molecule has 0 bridgehead atoms. The number of carboxylic acids is 1. The van der Waals surface area contributed by atoms with E-state index in [1.54, 1.807) is 0 Å². The van der Waals surface area contributed by atoms with Gasteiger partial charge in [0.25, 0.3) is 0 Å². The van der Waals surface area contributed by atoms with Crippen LogP contribution in [0.1, 0.15) is 12.8 Å². The van der Waals surface area contributed by atoms with E-state index in [-0.39, 0.29) is 18.8 Å². The van der Waals surface area contributed by atoms with E-state index in [0.717, 1.165) is 0 Å². The molecular weight excluding hydrogens is 162 g/mol. The number of nitrogens with two attached hydrogens (primary N) is 2. The van der Waals surface area contributed by atoms with Crippen molar-refractivity contribution in [2.24, 2.45) is 11.5 Å². The maximum atomic E-state index is 10.4. The fraction of sp³-hybridized carbons (Fsp3) is 0.333. The first-order chi connectivity index (χ1) is 5.54. The van der Waals surface area contributed by atoms with Crippen molar-refractivity contribution in [2.45, 2.75) is 12.8 Å². The normalized spacial score (nSPS) is 8.33. The van der Waals surface area contributed by atoms with Gasteiger partial charge < -0.3 is 9.90 Å². The van der Waals surface area contributed by atoms with E-state index in [4.69, 9.17) is 11.5 Å². The standard InChI is InChI=1S/C6H9N3O3/c7-6(8)9-3-1-2-4(10)5(11)12/h3H,1-2H2,(H4,7,8,11,12). The number of ketones is 1. The summed E-state index contributed by atoms with van der Waals surface area (Å²) in [7, 11) is 0. The molecule has 0 amide bonds. The van der Waals surface area contributed by atoms with Crippen LogP contribution in [0.15, 0.2) is 0 Å². The van der Waals surface area contributed by atoms with Crippen LogP contribution >= 0.6 is 0 Å². The molecule has 0 saturated heterocycles. The zero-order chi connectivity index (χ0) is 9.56. The van der Waals surface area contributed by atoms with Crippen LogP contribution in [0.3, 0.4) is 0 Å². The zero-order valence-electron chi connectivity index (χ0n) is 6.32. The Hall–Kier alpha value is -1.81.